The van der Waals surface area contributed by atoms with Crippen LogP contribution in [0.15, 0.2) is 186 Å². The number of para-hydroxylation sites is 2. The molecule has 0 N–H and O–H groups in total. The first-order chi connectivity index (χ1) is 28.2. The smallest absolute Gasteiger partial charge is 0.164 e. The molecule has 4 heterocycles. The number of nitrogens with zero attached hydrogens (tertiary/aromatic N) is 4. The van der Waals surface area contributed by atoms with Gasteiger partial charge in [-0.2, -0.15) is 0 Å². The van der Waals surface area contributed by atoms with Gasteiger partial charge >= 0.3 is 0 Å². The second-order valence-electron chi connectivity index (χ2n) is 14.4. The molecular weight excluding hydrogens is 717 g/mol. The summed E-state index contributed by atoms with van der Waals surface area (Å²) in [6.07, 6.45) is 0. The number of aromatic nitrogens is 4. The molecule has 0 atom stereocenters. The van der Waals surface area contributed by atoms with Gasteiger partial charge in [-0.25, -0.2) is 15.0 Å². The van der Waals surface area contributed by atoms with Crippen LogP contribution >= 0.6 is 11.3 Å². The summed E-state index contributed by atoms with van der Waals surface area (Å²) in [6, 6.07) is 63.8. The van der Waals surface area contributed by atoms with Crippen LogP contribution in [0.3, 0.4) is 0 Å². The number of rotatable bonds is 5. The first kappa shape index (κ1) is 31.9. The molecule has 0 aliphatic carbocycles. The summed E-state index contributed by atoms with van der Waals surface area (Å²) in [5.74, 6) is 1.87. The standard InChI is InChI=1S/C51H30N4OS/c1-3-12-31(13-4-1)49-52-50(32-14-5-2-6-15-32)54-51(53-49)40-18-11-21-44-48(40)39-25-22-34(29-45(39)56-44)33-23-27-46-41(28-33)38-26-24-35(30-47(38)57-46)55-42-19-9-7-16-36(42)37-17-8-10-20-43(37)55/h1-30H. The summed E-state index contributed by atoms with van der Waals surface area (Å²) >= 11 is 1.84. The topological polar surface area (TPSA) is 56.7 Å². The van der Waals surface area contributed by atoms with Gasteiger partial charge < -0.3 is 8.98 Å². The lowest BCUT2D eigenvalue weighted by Gasteiger charge is -2.09. The van der Waals surface area contributed by atoms with E-state index in [1.54, 1.807) is 0 Å². The lowest BCUT2D eigenvalue weighted by atomic mass is 10.00. The van der Waals surface area contributed by atoms with E-state index in [1.807, 2.05) is 84.1 Å². The molecule has 0 saturated heterocycles. The average molecular weight is 747 g/mol. The fourth-order valence-electron chi connectivity index (χ4n) is 8.41. The Morgan fingerprint density at radius 1 is 0.386 bits per heavy atom. The number of fused-ring (bicyclic) bond motifs is 9. The van der Waals surface area contributed by atoms with Crippen LogP contribution in [0.1, 0.15) is 0 Å². The first-order valence-corrected chi connectivity index (χ1v) is 19.8. The third-order valence-electron chi connectivity index (χ3n) is 11.1. The molecular formula is C51H30N4OS. The van der Waals surface area contributed by atoms with E-state index in [4.69, 9.17) is 19.4 Å². The van der Waals surface area contributed by atoms with Crippen molar-refractivity contribution in [2.75, 3.05) is 0 Å². The van der Waals surface area contributed by atoms with E-state index < -0.39 is 0 Å². The van der Waals surface area contributed by atoms with Crippen molar-refractivity contribution in [1.82, 2.24) is 19.5 Å². The Labute approximate surface area is 330 Å². The summed E-state index contributed by atoms with van der Waals surface area (Å²) in [5, 5.41) is 7.07. The quantitative estimate of drug-likeness (QED) is 0.176. The minimum absolute atomic E-state index is 0.608. The summed E-state index contributed by atoms with van der Waals surface area (Å²) in [7, 11) is 0. The molecule has 0 unspecified atom stereocenters. The molecule has 0 fully saturated rings. The SMILES string of the molecule is c1ccc(-c2nc(-c3ccccc3)nc(-c3cccc4oc5cc(-c6ccc7sc8cc(-n9c%10ccccc%10c%10ccccc%109)ccc8c7c6)ccc5c34)n2)cc1. The lowest BCUT2D eigenvalue weighted by Crippen LogP contribution is -2.00. The van der Waals surface area contributed by atoms with Crippen molar-refractivity contribution in [3.8, 4) is 51.0 Å². The highest BCUT2D eigenvalue weighted by atomic mass is 32.1. The summed E-state index contributed by atoms with van der Waals surface area (Å²) in [6.45, 7) is 0. The van der Waals surface area contributed by atoms with Crippen LogP contribution in [0.2, 0.25) is 0 Å². The van der Waals surface area contributed by atoms with Gasteiger partial charge in [0.05, 0.1) is 11.0 Å². The van der Waals surface area contributed by atoms with E-state index >= 15 is 0 Å². The summed E-state index contributed by atoms with van der Waals surface area (Å²) in [4.78, 5) is 15.0. The molecule has 0 radical (unpaired) electrons. The molecule has 0 spiro atoms. The number of furan rings is 1. The Bertz CT molecular complexity index is 3420. The van der Waals surface area contributed by atoms with Crippen molar-refractivity contribution >= 4 is 75.3 Å². The van der Waals surface area contributed by atoms with Crippen LogP contribution in [0.25, 0.3) is 115 Å². The summed E-state index contributed by atoms with van der Waals surface area (Å²) in [5.41, 5.74) is 10.2. The van der Waals surface area contributed by atoms with Crippen molar-refractivity contribution in [2.24, 2.45) is 0 Å². The van der Waals surface area contributed by atoms with E-state index in [-0.39, 0.29) is 0 Å². The van der Waals surface area contributed by atoms with Crippen LogP contribution in [-0.4, -0.2) is 19.5 Å². The van der Waals surface area contributed by atoms with Crippen molar-refractivity contribution in [3.63, 3.8) is 0 Å². The van der Waals surface area contributed by atoms with Gasteiger partial charge in [-0.05, 0) is 65.7 Å². The number of benzene rings is 8. The molecule has 12 aromatic rings. The molecule has 12 rings (SSSR count). The van der Waals surface area contributed by atoms with Gasteiger partial charge in [0.25, 0.3) is 0 Å². The zero-order valence-electron chi connectivity index (χ0n) is 30.4. The molecule has 4 aromatic heterocycles. The maximum Gasteiger partial charge on any atom is 0.164 e. The Balaban J connectivity index is 0.957. The minimum atomic E-state index is 0.608. The molecule has 266 valence electrons. The second-order valence-corrected chi connectivity index (χ2v) is 15.5. The van der Waals surface area contributed by atoms with Crippen molar-refractivity contribution in [3.05, 3.63) is 182 Å². The fourth-order valence-corrected chi connectivity index (χ4v) is 9.53. The van der Waals surface area contributed by atoms with Gasteiger partial charge in [0.1, 0.15) is 11.2 Å². The highest BCUT2D eigenvalue weighted by Gasteiger charge is 2.19. The highest BCUT2D eigenvalue weighted by molar-refractivity contribution is 7.25. The van der Waals surface area contributed by atoms with Crippen LogP contribution in [0.4, 0.5) is 0 Å². The van der Waals surface area contributed by atoms with Gasteiger partial charge in [-0.3, -0.25) is 0 Å². The number of hydrogen-bond acceptors (Lipinski definition) is 5. The maximum atomic E-state index is 6.59. The first-order valence-electron chi connectivity index (χ1n) is 19.0. The number of hydrogen-bond donors (Lipinski definition) is 0. The fraction of sp³-hybridized carbons (Fsp3) is 0. The van der Waals surface area contributed by atoms with Crippen molar-refractivity contribution < 1.29 is 4.42 Å². The molecule has 0 saturated carbocycles. The van der Waals surface area contributed by atoms with Gasteiger partial charge in [-0.15, -0.1) is 11.3 Å². The van der Waals surface area contributed by atoms with Crippen molar-refractivity contribution in [1.29, 1.82) is 0 Å². The number of thiophene rings is 1. The molecule has 0 aliphatic rings. The molecule has 0 aliphatic heterocycles. The van der Waals surface area contributed by atoms with Crippen LogP contribution < -0.4 is 0 Å². The zero-order valence-corrected chi connectivity index (χ0v) is 31.2. The van der Waals surface area contributed by atoms with Crippen LogP contribution in [0.5, 0.6) is 0 Å². The Hall–Kier alpha value is -7.41. The molecule has 0 amide bonds. The Kier molecular flexibility index (Phi) is 7.03. The van der Waals surface area contributed by atoms with Crippen molar-refractivity contribution in [2.45, 2.75) is 0 Å². The van der Waals surface area contributed by atoms with E-state index in [9.17, 15) is 0 Å². The third kappa shape index (κ3) is 5.12. The third-order valence-corrected chi connectivity index (χ3v) is 12.2. The monoisotopic (exact) mass is 746 g/mol. The Morgan fingerprint density at radius 3 is 1.72 bits per heavy atom. The normalized spacial score (nSPS) is 11.9. The predicted octanol–water partition coefficient (Wildman–Crippen LogP) is 13.9. The van der Waals surface area contributed by atoms with E-state index in [0.717, 1.165) is 49.8 Å². The van der Waals surface area contributed by atoms with E-state index in [0.29, 0.717) is 17.5 Å². The summed E-state index contributed by atoms with van der Waals surface area (Å²) < 4.78 is 11.5. The maximum absolute atomic E-state index is 6.59. The minimum Gasteiger partial charge on any atom is -0.456 e. The van der Waals surface area contributed by atoms with Gasteiger partial charge in [-0.1, -0.05) is 127 Å². The molecule has 0 bridgehead atoms. The Morgan fingerprint density at radius 2 is 1.00 bits per heavy atom. The molecule has 57 heavy (non-hydrogen) atoms. The highest BCUT2D eigenvalue weighted by Crippen LogP contribution is 2.41. The van der Waals surface area contributed by atoms with Crippen LogP contribution in [0, 0.1) is 0 Å². The predicted molar refractivity (Wildman–Crippen MR) is 236 cm³/mol. The van der Waals surface area contributed by atoms with Gasteiger partial charge in [0.2, 0.25) is 0 Å². The molecule has 8 aromatic carbocycles. The second kappa shape index (κ2) is 12.6. The molecule has 5 nitrogen and oxygen atoms in total. The van der Waals surface area contributed by atoms with Gasteiger partial charge in [0.15, 0.2) is 17.5 Å². The zero-order chi connectivity index (χ0) is 37.5. The van der Waals surface area contributed by atoms with Gasteiger partial charge in [0, 0.05) is 64.1 Å². The van der Waals surface area contributed by atoms with E-state index in [2.05, 4.69) is 114 Å². The van der Waals surface area contributed by atoms with Crippen LogP contribution in [-0.2, 0) is 0 Å². The lowest BCUT2D eigenvalue weighted by molar-refractivity contribution is 0.669. The average Bonchev–Trinajstić information content (AvgIpc) is 3.95. The van der Waals surface area contributed by atoms with E-state index in [1.165, 1.54) is 47.7 Å². The molecule has 6 heteroatoms. The largest absolute Gasteiger partial charge is 0.456 e.